The molecule has 6 heteroatoms. The van der Waals surface area contributed by atoms with Crippen molar-refractivity contribution in [3.8, 4) is 11.5 Å². The maximum Gasteiger partial charge on any atom is 0.162 e. The summed E-state index contributed by atoms with van der Waals surface area (Å²) < 4.78 is 36.7. The van der Waals surface area contributed by atoms with E-state index >= 15 is 0 Å². The summed E-state index contributed by atoms with van der Waals surface area (Å²) >= 11 is 6.12. The van der Waals surface area contributed by atoms with Gasteiger partial charge in [-0.05, 0) is 6.07 Å². The molecule has 0 aromatic heterocycles. The Labute approximate surface area is 126 Å². The van der Waals surface area contributed by atoms with Gasteiger partial charge in [-0.1, -0.05) is 17.7 Å². The minimum atomic E-state index is -0.612. The van der Waals surface area contributed by atoms with Gasteiger partial charge < -0.3 is 14.8 Å². The summed E-state index contributed by atoms with van der Waals surface area (Å²) in [6.07, 6.45) is 0. The van der Waals surface area contributed by atoms with Crippen LogP contribution in [0.15, 0.2) is 30.3 Å². The van der Waals surface area contributed by atoms with Crippen molar-refractivity contribution in [3.63, 3.8) is 0 Å². The lowest BCUT2D eigenvalue weighted by atomic mass is 10.2. The van der Waals surface area contributed by atoms with Crippen LogP contribution in [0.1, 0.15) is 5.56 Å². The third kappa shape index (κ3) is 3.55. The molecule has 0 saturated heterocycles. The molecule has 0 fully saturated rings. The highest BCUT2D eigenvalue weighted by molar-refractivity contribution is 6.33. The largest absolute Gasteiger partial charge is 0.493 e. The van der Waals surface area contributed by atoms with Crippen LogP contribution in [0.3, 0.4) is 0 Å². The van der Waals surface area contributed by atoms with Crippen molar-refractivity contribution in [2.75, 3.05) is 19.5 Å². The van der Waals surface area contributed by atoms with E-state index < -0.39 is 11.6 Å². The summed E-state index contributed by atoms with van der Waals surface area (Å²) in [6, 6.07) is 6.68. The SMILES string of the molecule is COc1cc(Cl)c(NCc2ccc(F)cc2F)cc1OC. The molecule has 0 amide bonds. The molecule has 2 aromatic rings. The fraction of sp³-hybridized carbons (Fsp3) is 0.200. The van der Waals surface area contributed by atoms with E-state index in [1.165, 1.54) is 26.4 Å². The minimum Gasteiger partial charge on any atom is -0.493 e. The Kier molecular flexibility index (Phi) is 4.85. The topological polar surface area (TPSA) is 30.5 Å². The van der Waals surface area contributed by atoms with Crippen molar-refractivity contribution >= 4 is 17.3 Å². The summed E-state index contributed by atoms with van der Waals surface area (Å²) in [7, 11) is 3.02. The average Bonchev–Trinajstić information content (AvgIpc) is 2.47. The zero-order chi connectivity index (χ0) is 15.4. The quantitative estimate of drug-likeness (QED) is 0.895. The molecule has 0 radical (unpaired) electrons. The van der Waals surface area contributed by atoms with E-state index in [0.29, 0.717) is 27.8 Å². The Hall–Kier alpha value is -2.01. The summed E-state index contributed by atoms with van der Waals surface area (Å²) in [6.45, 7) is 0.168. The highest BCUT2D eigenvalue weighted by Crippen LogP contribution is 2.36. The van der Waals surface area contributed by atoms with Gasteiger partial charge in [0, 0.05) is 30.3 Å². The van der Waals surface area contributed by atoms with Crippen LogP contribution in [0.4, 0.5) is 14.5 Å². The van der Waals surface area contributed by atoms with Gasteiger partial charge in [-0.3, -0.25) is 0 Å². The van der Waals surface area contributed by atoms with E-state index in [9.17, 15) is 8.78 Å². The number of halogens is 3. The number of hydrogen-bond donors (Lipinski definition) is 1. The minimum absolute atomic E-state index is 0.168. The summed E-state index contributed by atoms with van der Waals surface area (Å²) in [4.78, 5) is 0. The first-order chi connectivity index (χ1) is 10.0. The van der Waals surface area contributed by atoms with Crippen LogP contribution in [0.25, 0.3) is 0 Å². The van der Waals surface area contributed by atoms with Crippen LogP contribution in [0.5, 0.6) is 11.5 Å². The predicted octanol–water partition coefficient (Wildman–Crippen LogP) is 4.25. The van der Waals surface area contributed by atoms with Gasteiger partial charge in [-0.2, -0.15) is 0 Å². The Bertz CT molecular complexity index is 650. The summed E-state index contributed by atoms with van der Waals surface area (Å²) in [5.41, 5.74) is 0.903. The maximum atomic E-state index is 13.6. The molecule has 0 heterocycles. The Morgan fingerprint density at radius 3 is 2.33 bits per heavy atom. The zero-order valence-electron chi connectivity index (χ0n) is 11.5. The van der Waals surface area contributed by atoms with Crippen molar-refractivity contribution in [1.29, 1.82) is 0 Å². The van der Waals surface area contributed by atoms with Gasteiger partial charge in [0.25, 0.3) is 0 Å². The molecular formula is C15H14ClF2NO2. The van der Waals surface area contributed by atoms with Crippen LogP contribution >= 0.6 is 11.6 Å². The lowest BCUT2D eigenvalue weighted by Gasteiger charge is -2.13. The Morgan fingerprint density at radius 1 is 1.05 bits per heavy atom. The number of methoxy groups -OCH3 is 2. The van der Waals surface area contributed by atoms with Crippen LogP contribution in [-0.4, -0.2) is 14.2 Å². The summed E-state index contributed by atoms with van der Waals surface area (Å²) in [5.74, 6) is -0.218. The van der Waals surface area contributed by atoms with Gasteiger partial charge in [0.2, 0.25) is 0 Å². The van der Waals surface area contributed by atoms with Gasteiger partial charge in [-0.15, -0.1) is 0 Å². The molecule has 21 heavy (non-hydrogen) atoms. The fourth-order valence-corrected chi connectivity index (χ4v) is 2.07. The highest BCUT2D eigenvalue weighted by atomic mass is 35.5. The molecule has 3 nitrogen and oxygen atoms in total. The first-order valence-corrected chi connectivity index (χ1v) is 6.52. The third-order valence-electron chi connectivity index (χ3n) is 2.96. The molecule has 1 N–H and O–H groups in total. The fourth-order valence-electron chi connectivity index (χ4n) is 1.85. The van der Waals surface area contributed by atoms with Crippen molar-refractivity contribution in [1.82, 2.24) is 0 Å². The zero-order valence-corrected chi connectivity index (χ0v) is 12.3. The normalized spacial score (nSPS) is 10.3. The lowest BCUT2D eigenvalue weighted by Crippen LogP contribution is -2.03. The molecule has 0 atom stereocenters. The van der Waals surface area contributed by atoms with E-state index in [1.54, 1.807) is 12.1 Å². The first kappa shape index (κ1) is 15.4. The molecule has 0 aliphatic rings. The van der Waals surface area contributed by atoms with Gasteiger partial charge in [-0.25, -0.2) is 8.78 Å². The average molecular weight is 314 g/mol. The summed E-state index contributed by atoms with van der Waals surface area (Å²) in [5, 5.41) is 3.40. The number of ether oxygens (including phenoxy) is 2. The highest BCUT2D eigenvalue weighted by Gasteiger charge is 2.10. The Morgan fingerprint density at radius 2 is 1.71 bits per heavy atom. The maximum absolute atomic E-state index is 13.6. The number of anilines is 1. The van der Waals surface area contributed by atoms with Crippen molar-refractivity contribution < 1.29 is 18.3 Å². The predicted molar refractivity (Wildman–Crippen MR) is 78.2 cm³/mol. The number of rotatable bonds is 5. The van der Waals surface area contributed by atoms with Crippen LogP contribution < -0.4 is 14.8 Å². The van der Waals surface area contributed by atoms with Crippen LogP contribution in [0, 0.1) is 11.6 Å². The van der Waals surface area contributed by atoms with Gasteiger partial charge >= 0.3 is 0 Å². The third-order valence-corrected chi connectivity index (χ3v) is 3.27. The van der Waals surface area contributed by atoms with Crippen molar-refractivity contribution in [2.24, 2.45) is 0 Å². The molecule has 2 rings (SSSR count). The molecule has 0 saturated carbocycles. The standard InChI is InChI=1S/C15H14ClF2NO2/c1-20-14-6-11(16)13(7-15(14)21-2)19-8-9-3-4-10(17)5-12(9)18/h3-7,19H,8H2,1-2H3. The van der Waals surface area contributed by atoms with Gasteiger partial charge in [0.05, 0.1) is 24.9 Å². The second kappa shape index (κ2) is 6.63. The molecule has 0 bridgehead atoms. The van der Waals surface area contributed by atoms with Gasteiger partial charge in [0.15, 0.2) is 11.5 Å². The molecule has 0 spiro atoms. The number of nitrogens with one attached hydrogen (secondary N) is 1. The van der Waals surface area contributed by atoms with Crippen molar-refractivity contribution in [3.05, 3.63) is 52.6 Å². The van der Waals surface area contributed by atoms with Crippen LogP contribution in [-0.2, 0) is 6.54 Å². The number of benzene rings is 2. The molecule has 0 aliphatic heterocycles. The molecule has 0 unspecified atom stereocenters. The van der Waals surface area contributed by atoms with E-state index in [4.69, 9.17) is 21.1 Å². The van der Waals surface area contributed by atoms with Gasteiger partial charge in [0.1, 0.15) is 11.6 Å². The van der Waals surface area contributed by atoms with Crippen molar-refractivity contribution in [2.45, 2.75) is 6.54 Å². The van der Waals surface area contributed by atoms with E-state index in [2.05, 4.69) is 5.32 Å². The second-order valence-electron chi connectivity index (χ2n) is 4.28. The second-order valence-corrected chi connectivity index (χ2v) is 4.68. The number of hydrogen-bond acceptors (Lipinski definition) is 3. The van der Waals surface area contributed by atoms with E-state index in [-0.39, 0.29) is 6.54 Å². The molecule has 2 aromatic carbocycles. The lowest BCUT2D eigenvalue weighted by molar-refractivity contribution is 0.355. The molecule has 112 valence electrons. The monoisotopic (exact) mass is 313 g/mol. The van der Waals surface area contributed by atoms with E-state index in [1.807, 2.05) is 0 Å². The smallest absolute Gasteiger partial charge is 0.162 e. The Balaban J connectivity index is 2.19. The molecular weight excluding hydrogens is 300 g/mol. The molecule has 0 aliphatic carbocycles. The van der Waals surface area contributed by atoms with Crippen LogP contribution in [0.2, 0.25) is 5.02 Å². The van der Waals surface area contributed by atoms with E-state index in [0.717, 1.165) is 6.07 Å². The first-order valence-electron chi connectivity index (χ1n) is 6.14.